The summed E-state index contributed by atoms with van der Waals surface area (Å²) in [5.74, 6) is -1.38. The number of fused-ring (bicyclic) bond motifs is 2. The van der Waals surface area contributed by atoms with Gasteiger partial charge in [0.2, 0.25) is 0 Å². The molecule has 1 fully saturated rings. The van der Waals surface area contributed by atoms with E-state index in [1.54, 1.807) is 18.6 Å². The van der Waals surface area contributed by atoms with Crippen LogP contribution in [0.3, 0.4) is 0 Å². The van der Waals surface area contributed by atoms with Crippen LogP contribution in [0.5, 0.6) is 0 Å². The molecule has 0 unspecified atom stereocenters. The second kappa shape index (κ2) is 10.1. The molecule has 182 valence electrons. The number of likely N-dealkylation sites (tertiary alicyclic amines) is 1. The van der Waals surface area contributed by atoms with Gasteiger partial charge in [0.05, 0.1) is 18.8 Å². The molecule has 10 heteroatoms. The molecule has 2 aromatic heterocycles. The summed E-state index contributed by atoms with van der Waals surface area (Å²) in [4.78, 5) is 20.4. The lowest BCUT2D eigenvalue weighted by molar-refractivity contribution is -0.0802. The smallest absolute Gasteiger partial charge is 0.159 e. The van der Waals surface area contributed by atoms with Crippen molar-refractivity contribution in [1.29, 1.82) is 0 Å². The van der Waals surface area contributed by atoms with Crippen LogP contribution in [-0.4, -0.2) is 51.9 Å². The van der Waals surface area contributed by atoms with E-state index in [0.29, 0.717) is 24.5 Å². The van der Waals surface area contributed by atoms with Crippen molar-refractivity contribution >= 4 is 5.71 Å². The van der Waals surface area contributed by atoms with Gasteiger partial charge in [0.25, 0.3) is 0 Å². The van der Waals surface area contributed by atoms with Gasteiger partial charge in [0.15, 0.2) is 11.6 Å². The van der Waals surface area contributed by atoms with Gasteiger partial charge in [-0.05, 0) is 42.7 Å². The third-order valence-corrected chi connectivity index (χ3v) is 6.43. The summed E-state index contributed by atoms with van der Waals surface area (Å²) in [6.07, 6.45) is 8.55. The summed E-state index contributed by atoms with van der Waals surface area (Å²) in [5.41, 5.74) is 3.04. The molecule has 2 aliphatic rings. The third-order valence-electron chi connectivity index (χ3n) is 6.43. The fourth-order valence-corrected chi connectivity index (χ4v) is 4.56. The molecule has 0 N–H and O–H groups in total. The molecule has 2 aliphatic heterocycles. The van der Waals surface area contributed by atoms with Gasteiger partial charge in [0.1, 0.15) is 24.8 Å². The Hall–Kier alpha value is -3.37. The molecule has 0 amide bonds. The number of piperidine rings is 1. The number of nitrogens with zero attached hydrogens (tertiary/aromatic N) is 5. The molecule has 1 aromatic carbocycles. The average Bonchev–Trinajstić information content (AvgIpc) is 3.24. The fourth-order valence-electron chi connectivity index (χ4n) is 4.56. The number of hydrogen-bond acceptors (Lipinski definition) is 7. The maximum absolute atomic E-state index is 13.8. The molecular formula is C25H24F3N5O2. The summed E-state index contributed by atoms with van der Waals surface area (Å²) < 4.78 is 45.8. The quantitative estimate of drug-likeness (QED) is 0.288. The standard InChI is InChI=1S/C25H24F3N5O2/c26-6-10-35-32-24(17-1-2-21(27)22(28)11-17)19-12-30-23(31-13-19)15-33-8-4-25(5-9-33)20-14-29-7-3-18(20)16-34-25/h1-3,7,11-14H,4-6,8-10,15-16H2. The van der Waals surface area contributed by atoms with Crippen molar-refractivity contribution in [3.8, 4) is 0 Å². The van der Waals surface area contributed by atoms with E-state index in [-0.39, 0.29) is 23.5 Å². The van der Waals surface area contributed by atoms with Gasteiger partial charge < -0.3 is 9.57 Å². The molecule has 0 atom stereocenters. The maximum Gasteiger partial charge on any atom is 0.159 e. The van der Waals surface area contributed by atoms with Crippen LogP contribution >= 0.6 is 0 Å². The van der Waals surface area contributed by atoms with Crippen LogP contribution in [0.1, 0.15) is 40.9 Å². The predicted octanol–water partition coefficient (Wildman–Crippen LogP) is 3.91. The van der Waals surface area contributed by atoms with E-state index in [1.165, 1.54) is 17.2 Å². The van der Waals surface area contributed by atoms with E-state index in [1.807, 2.05) is 12.3 Å². The lowest BCUT2D eigenvalue weighted by atomic mass is 9.85. The van der Waals surface area contributed by atoms with Crippen LogP contribution in [0.25, 0.3) is 0 Å². The number of rotatable bonds is 7. The second-order valence-electron chi connectivity index (χ2n) is 8.57. The first-order chi connectivity index (χ1) is 17.1. The molecule has 3 aromatic rings. The van der Waals surface area contributed by atoms with E-state index in [0.717, 1.165) is 38.1 Å². The van der Waals surface area contributed by atoms with E-state index >= 15 is 0 Å². The van der Waals surface area contributed by atoms with Gasteiger partial charge in [-0.3, -0.25) is 9.88 Å². The highest BCUT2D eigenvalue weighted by Gasteiger charge is 2.42. The maximum atomic E-state index is 13.8. The number of pyridine rings is 1. The zero-order valence-corrected chi connectivity index (χ0v) is 19.0. The largest absolute Gasteiger partial charge is 0.392 e. The zero-order chi connectivity index (χ0) is 24.3. The molecule has 0 bridgehead atoms. The van der Waals surface area contributed by atoms with E-state index in [2.05, 4.69) is 25.0 Å². The minimum atomic E-state index is -1.02. The van der Waals surface area contributed by atoms with Crippen molar-refractivity contribution < 1.29 is 22.7 Å². The van der Waals surface area contributed by atoms with Crippen molar-refractivity contribution in [3.05, 3.63) is 88.8 Å². The number of aromatic nitrogens is 3. The summed E-state index contributed by atoms with van der Waals surface area (Å²) in [5, 5.41) is 3.91. The minimum absolute atomic E-state index is 0.189. The highest BCUT2D eigenvalue weighted by atomic mass is 19.2. The van der Waals surface area contributed by atoms with Gasteiger partial charge in [-0.2, -0.15) is 0 Å². The van der Waals surface area contributed by atoms with Gasteiger partial charge in [-0.1, -0.05) is 5.16 Å². The third kappa shape index (κ3) is 4.89. The Morgan fingerprint density at radius 3 is 2.60 bits per heavy atom. The van der Waals surface area contributed by atoms with Gasteiger partial charge >= 0.3 is 0 Å². The molecule has 0 saturated carbocycles. The van der Waals surface area contributed by atoms with Crippen molar-refractivity contribution in [2.75, 3.05) is 26.4 Å². The number of ether oxygens (including phenoxy) is 1. The van der Waals surface area contributed by atoms with E-state index < -0.39 is 18.3 Å². The van der Waals surface area contributed by atoms with Crippen LogP contribution in [0.15, 0.2) is 54.2 Å². The van der Waals surface area contributed by atoms with E-state index in [9.17, 15) is 13.2 Å². The molecule has 5 rings (SSSR count). The van der Waals surface area contributed by atoms with Crippen molar-refractivity contribution in [2.45, 2.75) is 31.6 Å². The molecular weight excluding hydrogens is 459 g/mol. The summed E-state index contributed by atoms with van der Waals surface area (Å²) in [6.45, 7) is 1.86. The van der Waals surface area contributed by atoms with Gasteiger partial charge in [-0.25, -0.2) is 23.1 Å². The topological polar surface area (TPSA) is 72.7 Å². The highest BCUT2D eigenvalue weighted by molar-refractivity contribution is 6.12. The zero-order valence-electron chi connectivity index (χ0n) is 19.0. The molecule has 1 spiro atoms. The number of alkyl halides is 1. The number of hydrogen-bond donors (Lipinski definition) is 0. The van der Waals surface area contributed by atoms with Crippen LogP contribution in [0, 0.1) is 11.6 Å². The molecule has 1 saturated heterocycles. The number of benzene rings is 1. The molecule has 35 heavy (non-hydrogen) atoms. The summed E-state index contributed by atoms with van der Waals surface area (Å²) in [7, 11) is 0. The minimum Gasteiger partial charge on any atom is -0.392 e. The number of halogens is 3. The second-order valence-corrected chi connectivity index (χ2v) is 8.57. The van der Waals surface area contributed by atoms with Gasteiger partial charge in [-0.15, -0.1) is 0 Å². The SMILES string of the molecule is FCCON=C(c1cnc(CN2CCC3(CC2)OCc2ccncc23)nc1)c1ccc(F)c(F)c1. The average molecular weight is 483 g/mol. The first-order valence-corrected chi connectivity index (χ1v) is 11.4. The number of oxime groups is 1. The van der Waals surface area contributed by atoms with Crippen LogP contribution in [-0.2, 0) is 28.3 Å². The Morgan fingerprint density at radius 2 is 1.86 bits per heavy atom. The van der Waals surface area contributed by atoms with Crippen LogP contribution < -0.4 is 0 Å². The monoisotopic (exact) mass is 483 g/mol. The fraction of sp³-hybridized carbons (Fsp3) is 0.360. The van der Waals surface area contributed by atoms with Crippen molar-refractivity contribution in [1.82, 2.24) is 19.9 Å². The highest BCUT2D eigenvalue weighted by Crippen LogP contribution is 2.43. The predicted molar refractivity (Wildman–Crippen MR) is 121 cm³/mol. The summed E-state index contributed by atoms with van der Waals surface area (Å²) >= 11 is 0. The first-order valence-electron chi connectivity index (χ1n) is 11.4. The Balaban J connectivity index is 1.27. The molecule has 0 aliphatic carbocycles. The van der Waals surface area contributed by atoms with E-state index in [4.69, 9.17) is 9.57 Å². The van der Waals surface area contributed by atoms with Crippen molar-refractivity contribution in [2.24, 2.45) is 5.16 Å². The van der Waals surface area contributed by atoms with Crippen molar-refractivity contribution in [3.63, 3.8) is 0 Å². The lowest BCUT2D eigenvalue weighted by Crippen LogP contribution is -2.42. The Bertz CT molecular complexity index is 1210. The normalized spacial score (nSPS) is 17.5. The summed E-state index contributed by atoms with van der Waals surface area (Å²) in [6, 6.07) is 5.39. The molecule has 0 radical (unpaired) electrons. The van der Waals surface area contributed by atoms with Crippen LogP contribution in [0.4, 0.5) is 13.2 Å². The van der Waals surface area contributed by atoms with Crippen LogP contribution in [0.2, 0.25) is 0 Å². The first kappa shape index (κ1) is 23.4. The molecule has 7 nitrogen and oxygen atoms in total. The van der Waals surface area contributed by atoms with Gasteiger partial charge in [0, 0.05) is 54.6 Å². The Labute approximate surface area is 200 Å². The lowest BCUT2D eigenvalue weighted by Gasteiger charge is -2.38. The Kier molecular flexibility index (Phi) is 6.74. The Morgan fingerprint density at radius 1 is 1.06 bits per heavy atom. The molecule has 4 heterocycles.